The summed E-state index contributed by atoms with van der Waals surface area (Å²) in [5, 5.41) is 2.68. The number of amides is 1. The molecular weight excluding hydrogens is 382 g/mol. The first-order valence-corrected chi connectivity index (χ1v) is 11.7. The molecule has 1 N–H and O–H groups in total. The minimum atomic E-state index is -2.29. The fourth-order valence-electron chi connectivity index (χ4n) is 2.76. The van der Waals surface area contributed by atoms with Crippen LogP contribution in [0.1, 0.15) is 47.4 Å². The highest BCUT2D eigenvalue weighted by atomic mass is 28.4. The maximum atomic E-state index is 12.4. The monoisotopic (exact) mass is 411 g/mol. The van der Waals surface area contributed by atoms with Crippen LogP contribution in [0.25, 0.3) is 0 Å². The van der Waals surface area contributed by atoms with Crippen LogP contribution < -0.4 is 5.32 Å². The average molecular weight is 412 g/mol. The van der Waals surface area contributed by atoms with Crippen LogP contribution in [0, 0.1) is 0 Å². The van der Waals surface area contributed by atoms with E-state index < -0.39 is 20.5 Å². The van der Waals surface area contributed by atoms with E-state index in [-0.39, 0.29) is 29.1 Å². The van der Waals surface area contributed by atoms with Crippen molar-refractivity contribution in [1.82, 2.24) is 0 Å². The lowest BCUT2D eigenvalue weighted by Gasteiger charge is -2.25. The molecule has 0 aliphatic heterocycles. The van der Waals surface area contributed by atoms with E-state index in [0.29, 0.717) is 25.7 Å². The molecule has 0 atom stereocenters. The number of anilines is 1. The highest BCUT2D eigenvalue weighted by Crippen LogP contribution is 2.21. The number of esters is 2. The Morgan fingerprint density at radius 2 is 1.61 bits per heavy atom. The molecule has 9 heteroatoms. The summed E-state index contributed by atoms with van der Waals surface area (Å²) in [5.41, 5.74) is 0.582. The lowest BCUT2D eigenvalue weighted by molar-refractivity contribution is -0.116. The lowest BCUT2D eigenvalue weighted by atomic mass is 10.1. The van der Waals surface area contributed by atoms with Crippen molar-refractivity contribution in [2.75, 3.05) is 32.8 Å². The van der Waals surface area contributed by atoms with Crippen molar-refractivity contribution in [2.24, 2.45) is 0 Å². The zero-order valence-electron chi connectivity index (χ0n) is 17.1. The summed E-state index contributed by atoms with van der Waals surface area (Å²) in [5.74, 6) is -1.46. The van der Waals surface area contributed by atoms with E-state index in [9.17, 15) is 14.4 Å². The number of nitrogens with one attached hydrogen (secondary N) is 1. The normalized spacial score (nSPS) is 11.0. The van der Waals surface area contributed by atoms with Crippen LogP contribution >= 0.6 is 0 Å². The molecular formula is C19H29NO7Si. The highest BCUT2D eigenvalue weighted by molar-refractivity contribution is 6.66. The molecule has 0 radical (unpaired) electrons. The fourth-order valence-corrected chi connectivity index (χ4v) is 5.17. The van der Waals surface area contributed by atoms with E-state index in [1.54, 1.807) is 0 Å². The number of hydrogen-bond acceptors (Lipinski definition) is 7. The van der Waals surface area contributed by atoms with Crippen molar-refractivity contribution in [3.63, 3.8) is 0 Å². The second-order valence-electron chi connectivity index (χ2n) is 6.15. The Labute approximate surface area is 166 Å². The predicted octanol–water partition coefficient (Wildman–Crippen LogP) is 3.12. The van der Waals surface area contributed by atoms with E-state index in [1.165, 1.54) is 32.4 Å². The Kier molecular flexibility index (Phi) is 9.84. The predicted molar refractivity (Wildman–Crippen MR) is 107 cm³/mol. The van der Waals surface area contributed by atoms with Crippen molar-refractivity contribution in [1.29, 1.82) is 0 Å². The van der Waals surface area contributed by atoms with Crippen molar-refractivity contribution < 1.29 is 32.7 Å². The Morgan fingerprint density at radius 1 is 1.00 bits per heavy atom. The number of carbonyl (C=O) groups excluding carboxylic acids is 3. The van der Waals surface area contributed by atoms with Crippen LogP contribution in [-0.2, 0) is 23.1 Å². The van der Waals surface area contributed by atoms with Crippen LogP contribution in [0.2, 0.25) is 12.6 Å². The molecule has 0 aliphatic carbocycles. The minimum Gasteiger partial charge on any atom is -0.465 e. The van der Waals surface area contributed by atoms with Gasteiger partial charge in [0.05, 0.1) is 31.0 Å². The SMILES string of the molecule is CCO[Si](C)(CCCC(=O)Nc1cc(C(=O)OC)ccc1C(=O)OC)OCC. The zero-order chi connectivity index (χ0) is 21.2. The maximum Gasteiger partial charge on any atom is 0.339 e. The van der Waals surface area contributed by atoms with Gasteiger partial charge < -0.3 is 23.6 Å². The summed E-state index contributed by atoms with van der Waals surface area (Å²) < 4.78 is 20.9. The summed E-state index contributed by atoms with van der Waals surface area (Å²) >= 11 is 0. The van der Waals surface area contributed by atoms with Gasteiger partial charge in [-0.25, -0.2) is 9.59 Å². The quantitative estimate of drug-likeness (QED) is 0.441. The smallest absolute Gasteiger partial charge is 0.339 e. The summed E-state index contributed by atoms with van der Waals surface area (Å²) in [7, 11) is 0.215. The second-order valence-corrected chi connectivity index (χ2v) is 9.49. The maximum absolute atomic E-state index is 12.4. The largest absolute Gasteiger partial charge is 0.465 e. The second kappa shape index (κ2) is 11.6. The van der Waals surface area contributed by atoms with E-state index >= 15 is 0 Å². The fraction of sp³-hybridized carbons (Fsp3) is 0.526. The van der Waals surface area contributed by atoms with Gasteiger partial charge in [-0.1, -0.05) is 0 Å². The number of methoxy groups -OCH3 is 2. The van der Waals surface area contributed by atoms with Gasteiger partial charge in [0.2, 0.25) is 5.91 Å². The number of benzene rings is 1. The van der Waals surface area contributed by atoms with Gasteiger partial charge in [-0.2, -0.15) is 0 Å². The molecule has 0 bridgehead atoms. The van der Waals surface area contributed by atoms with Gasteiger partial charge in [-0.15, -0.1) is 0 Å². The summed E-state index contributed by atoms with van der Waals surface area (Å²) in [6.07, 6.45) is 0.810. The first-order valence-electron chi connectivity index (χ1n) is 9.18. The molecule has 0 saturated heterocycles. The van der Waals surface area contributed by atoms with Crippen LogP contribution in [0.4, 0.5) is 5.69 Å². The number of carbonyl (C=O) groups is 3. The molecule has 0 saturated carbocycles. The van der Waals surface area contributed by atoms with E-state index in [2.05, 4.69) is 10.1 Å². The average Bonchev–Trinajstić information content (AvgIpc) is 2.67. The van der Waals surface area contributed by atoms with Crippen LogP contribution in [0.15, 0.2) is 18.2 Å². The van der Waals surface area contributed by atoms with Crippen molar-refractivity contribution in [3.05, 3.63) is 29.3 Å². The number of ether oxygens (including phenoxy) is 2. The Morgan fingerprint density at radius 3 is 2.14 bits per heavy atom. The highest BCUT2D eigenvalue weighted by Gasteiger charge is 2.30. The third-order valence-corrected chi connectivity index (χ3v) is 7.11. The standard InChI is InChI=1S/C19H29NO7Si/c1-6-26-28(5,27-7-2)12-8-9-17(21)20-16-13-14(18(22)24-3)10-11-15(16)19(23)25-4/h10-11,13H,6-9,12H2,1-5H3,(H,20,21). The van der Waals surface area contributed by atoms with Crippen molar-refractivity contribution >= 4 is 32.1 Å². The first kappa shape index (κ1) is 23.8. The minimum absolute atomic E-state index is 0.159. The third kappa shape index (κ3) is 7.06. The molecule has 0 heterocycles. The molecule has 8 nitrogen and oxygen atoms in total. The Balaban J connectivity index is 2.83. The van der Waals surface area contributed by atoms with Crippen LogP contribution in [0.3, 0.4) is 0 Å². The van der Waals surface area contributed by atoms with E-state index in [1.807, 2.05) is 20.4 Å². The molecule has 0 aliphatic rings. The molecule has 1 rings (SSSR count). The van der Waals surface area contributed by atoms with Gasteiger partial charge in [0.1, 0.15) is 0 Å². The number of rotatable bonds is 11. The molecule has 1 amide bonds. The molecule has 0 aromatic heterocycles. The van der Waals surface area contributed by atoms with Gasteiger partial charge >= 0.3 is 20.5 Å². The summed E-state index contributed by atoms with van der Waals surface area (Å²) in [6.45, 7) is 6.95. The molecule has 1 aromatic rings. The van der Waals surface area contributed by atoms with E-state index in [0.717, 1.165) is 0 Å². The summed E-state index contributed by atoms with van der Waals surface area (Å²) in [6, 6.07) is 4.93. The van der Waals surface area contributed by atoms with E-state index in [4.69, 9.17) is 13.6 Å². The van der Waals surface area contributed by atoms with Crippen molar-refractivity contribution in [2.45, 2.75) is 39.3 Å². The van der Waals surface area contributed by atoms with Crippen LogP contribution in [0.5, 0.6) is 0 Å². The molecule has 0 spiro atoms. The van der Waals surface area contributed by atoms with Gasteiger partial charge in [0.25, 0.3) is 0 Å². The molecule has 0 fully saturated rings. The third-order valence-electron chi connectivity index (χ3n) is 4.05. The number of hydrogen-bond donors (Lipinski definition) is 1. The first-order chi connectivity index (χ1) is 13.3. The van der Waals surface area contributed by atoms with Gasteiger partial charge in [-0.3, -0.25) is 4.79 Å². The molecule has 1 aromatic carbocycles. The molecule has 156 valence electrons. The lowest BCUT2D eigenvalue weighted by Crippen LogP contribution is -2.38. The summed E-state index contributed by atoms with van der Waals surface area (Å²) in [4.78, 5) is 36.1. The van der Waals surface area contributed by atoms with Gasteiger partial charge in [0, 0.05) is 19.6 Å². The van der Waals surface area contributed by atoms with Crippen molar-refractivity contribution in [3.8, 4) is 0 Å². The van der Waals surface area contributed by atoms with Gasteiger partial charge in [0.15, 0.2) is 0 Å². The van der Waals surface area contributed by atoms with Gasteiger partial charge in [-0.05, 0) is 51.1 Å². The Bertz CT molecular complexity index is 687. The topological polar surface area (TPSA) is 100 Å². The molecule has 28 heavy (non-hydrogen) atoms. The molecule has 0 unspecified atom stereocenters. The Hall–Kier alpha value is -2.23. The van der Waals surface area contributed by atoms with Crippen LogP contribution in [-0.4, -0.2) is 53.8 Å². The zero-order valence-corrected chi connectivity index (χ0v) is 18.1.